The third-order valence-corrected chi connectivity index (χ3v) is 3.72. The molecule has 0 amide bonds. The lowest BCUT2D eigenvalue weighted by Gasteiger charge is -2.35. The van der Waals surface area contributed by atoms with Crippen LogP contribution in [0.3, 0.4) is 0 Å². The topological polar surface area (TPSA) is 40.1 Å². The van der Waals surface area contributed by atoms with Gasteiger partial charge in [0.1, 0.15) is 6.54 Å². The molecule has 0 saturated carbocycles. The molecular weight excluding hydrogens is 214 g/mol. The summed E-state index contributed by atoms with van der Waals surface area (Å²) in [6.45, 7) is 10.8. The minimum Gasteiger partial charge on any atom is -0.545 e. The molecule has 3 nitrogen and oxygen atoms in total. The van der Waals surface area contributed by atoms with E-state index in [1.54, 1.807) is 12.1 Å². The highest BCUT2D eigenvalue weighted by atomic mass is 16.4. The highest BCUT2D eigenvalue weighted by Gasteiger charge is 2.20. The van der Waals surface area contributed by atoms with Crippen LogP contribution < -0.4 is 5.11 Å². The van der Waals surface area contributed by atoms with Gasteiger partial charge in [-0.05, 0) is 26.3 Å². The van der Waals surface area contributed by atoms with Gasteiger partial charge in [0.15, 0.2) is 0 Å². The zero-order chi connectivity index (χ0) is 12.9. The van der Waals surface area contributed by atoms with E-state index >= 15 is 0 Å². The maximum absolute atomic E-state index is 10.7. The Morgan fingerprint density at radius 2 is 1.53 bits per heavy atom. The maximum atomic E-state index is 10.7. The second kappa shape index (κ2) is 5.82. The number of hydrogen-bond donors (Lipinski definition) is 0. The van der Waals surface area contributed by atoms with Gasteiger partial charge in [-0.1, -0.05) is 24.3 Å². The number of rotatable bonds is 6. The summed E-state index contributed by atoms with van der Waals surface area (Å²) < 4.78 is 1.03. The molecule has 0 atom stereocenters. The summed E-state index contributed by atoms with van der Waals surface area (Å²) in [6, 6.07) is 7.03. The molecule has 0 N–H and O–H groups in total. The van der Waals surface area contributed by atoms with Crippen molar-refractivity contribution in [3.63, 3.8) is 0 Å². The lowest BCUT2D eigenvalue weighted by molar-refractivity contribution is -0.936. The van der Waals surface area contributed by atoms with Crippen molar-refractivity contribution in [1.82, 2.24) is 0 Å². The first-order valence-electron chi connectivity index (χ1n) is 6.22. The first-order chi connectivity index (χ1) is 8.06. The Morgan fingerprint density at radius 1 is 1.06 bits per heavy atom. The summed E-state index contributed by atoms with van der Waals surface area (Å²) >= 11 is 0. The number of quaternary nitrogens is 1. The molecule has 0 saturated heterocycles. The van der Waals surface area contributed by atoms with E-state index in [2.05, 4.69) is 20.8 Å². The van der Waals surface area contributed by atoms with Crippen LogP contribution in [0.5, 0.6) is 0 Å². The third-order valence-electron chi connectivity index (χ3n) is 3.72. The molecule has 1 aromatic rings. The van der Waals surface area contributed by atoms with E-state index in [1.807, 2.05) is 12.1 Å². The molecular formula is C14H21NO2. The summed E-state index contributed by atoms with van der Waals surface area (Å²) in [5.74, 6) is -1.11. The first kappa shape index (κ1) is 13.7. The predicted octanol–water partition coefficient (Wildman–Crippen LogP) is 1.43. The fraction of sp³-hybridized carbons (Fsp3) is 0.500. The van der Waals surface area contributed by atoms with Crippen molar-refractivity contribution >= 4 is 5.97 Å². The van der Waals surface area contributed by atoms with Gasteiger partial charge in [0, 0.05) is 5.56 Å². The number of carboxylic acid groups (broad SMARTS) is 1. The Kier molecular flexibility index (Phi) is 4.70. The molecule has 1 rings (SSSR count). The van der Waals surface area contributed by atoms with E-state index in [9.17, 15) is 9.90 Å². The number of benzene rings is 1. The molecule has 0 aliphatic rings. The number of aromatic carboxylic acids is 1. The van der Waals surface area contributed by atoms with E-state index in [1.165, 1.54) is 5.56 Å². The van der Waals surface area contributed by atoms with E-state index in [0.717, 1.165) is 30.7 Å². The summed E-state index contributed by atoms with van der Waals surface area (Å²) in [7, 11) is 0. The number of carbonyl (C=O) groups excluding carboxylic acids is 1. The molecule has 1 aromatic carbocycles. The van der Waals surface area contributed by atoms with Gasteiger partial charge in [0.2, 0.25) is 0 Å². The molecule has 0 radical (unpaired) electrons. The van der Waals surface area contributed by atoms with Gasteiger partial charge in [-0.15, -0.1) is 0 Å². The van der Waals surface area contributed by atoms with Crippen molar-refractivity contribution in [2.24, 2.45) is 0 Å². The lowest BCUT2D eigenvalue weighted by Crippen LogP contribution is -2.46. The van der Waals surface area contributed by atoms with Gasteiger partial charge in [-0.2, -0.15) is 0 Å². The molecule has 0 spiro atoms. The van der Waals surface area contributed by atoms with Crippen molar-refractivity contribution in [2.45, 2.75) is 27.3 Å². The van der Waals surface area contributed by atoms with Gasteiger partial charge in [0.05, 0.1) is 25.6 Å². The van der Waals surface area contributed by atoms with Crippen molar-refractivity contribution in [3.8, 4) is 0 Å². The third kappa shape index (κ3) is 3.30. The Bertz CT molecular complexity index is 358. The minimum atomic E-state index is -1.11. The van der Waals surface area contributed by atoms with Crippen molar-refractivity contribution < 1.29 is 14.4 Å². The van der Waals surface area contributed by atoms with Gasteiger partial charge in [-0.3, -0.25) is 0 Å². The molecule has 0 heterocycles. The van der Waals surface area contributed by atoms with Crippen LogP contribution >= 0.6 is 0 Å². The first-order valence-corrected chi connectivity index (χ1v) is 6.22. The largest absolute Gasteiger partial charge is 0.545 e. The molecule has 0 aromatic heterocycles. The van der Waals surface area contributed by atoms with Crippen LogP contribution in [-0.2, 0) is 6.54 Å². The van der Waals surface area contributed by atoms with Gasteiger partial charge >= 0.3 is 0 Å². The number of carbonyl (C=O) groups is 1. The summed E-state index contributed by atoms with van der Waals surface area (Å²) in [6.07, 6.45) is 0. The minimum absolute atomic E-state index is 0.247. The number of carboxylic acids is 1. The maximum Gasteiger partial charge on any atom is 0.104 e. The standard InChI is InChI=1S/C14H21NO2/c1-4-15(5-2,6-3)11-12-7-9-13(10-8-12)14(16)17/h7-10H,4-6,11H2,1-3H3. The van der Waals surface area contributed by atoms with Crippen molar-refractivity contribution in [1.29, 1.82) is 0 Å². The lowest BCUT2D eigenvalue weighted by atomic mass is 10.1. The summed E-state index contributed by atoms with van der Waals surface area (Å²) in [4.78, 5) is 10.7. The predicted molar refractivity (Wildman–Crippen MR) is 66.4 cm³/mol. The van der Waals surface area contributed by atoms with Gasteiger partial charge in [0.25, 0.3) is 0 Å². The quantitative estimate of drug-likeness (QED) is 0.700. The molecule has 17 heavy (non-hydrogen) atoms. The second-order valence-electron chi connectivity index (χ2n) is 4.43. The monoisotopic (exact) mass is 235 g/mol. The summed E-state index contributed by atoms with van der Waals surface area (Å²) in [5, 5.41) is 10.7. The van der Waals surface area contributed by atoms with Crippen LogP contribution in [0.1, 0.15) is 36.7 Å². The zero-order valence-corrected chi connectivity index (χ0v) is 10.9. The van der Waals surface area contributed by atoms with Gasteiger partial charge < -0.3 is 14.4 Å². The molecule has 0 bridgehead atoms. The highest BCUT2D eigenvalue weighted by molar-refractivity contribution is 5.85. The second-order valence-corrected chi connectivity index (χ2v) is 4.43. The fourth-order valence-electron chi connectivity index (χ4n) is 2.14. The molecule has 94 valence electrons. The van der Waals surface area contributed by atoms with E-state index in [4.69, 9.17) is 0 Å². The fourth-order valence-corrected chi connectivity index (χ4v) is 2.14. The smallest absolute Gasteiger partial charge is 0.104 e. The average molecular weight is 235 g/mol. The summed E-state index contributed by atoms with van der Waals surface area (Å²) in [5.41, 5.74) is 1.43. The molecule has 0 unspecified atom stereocenters. The highest BCUT2D eigenvalue weighted by Crippen LogP contribution is 2.14. The number of hydrogen-bond acceptors (Lipinski definition) is 2. The Hall–Kier alpha value is -1.35. The SMILES string of the molecule is CC[N+](CC)(CC)Cc1ccc(C(=O)[O-])cc1. The Morgan fingerprint density at radius 3 is 1.88 bits per heavy atom. The molecule has 0 fully saturated rings. The van der Waals surface area contributed by atoms with E-state index in [0.29, 0.717) is 0 Å². The molecule has 0 aliphatic heterocycles. The van der Waals surface area contributed by atoms with Crippen molar-refractivity contribution in [2.75, 3.05) is 19.6 Å². The van der Waals surface area contributed by atoms with Gasteiger partial charge in [-0.25, -0.2) is 0 Å². The zero-order valence-electron chi connectivity index (χ0n) is 10.9. The van der Waals surface area contributed by atoms with E-state index in [-0.39, 0.29) is 5.56 Å². The van der Waals surface area contributed by atoms with Crippen LogP contribution in [0.25, 0.3) is 0 Å². The normalized spacial score (nSPS) is 11.5. The average Bonchev–Trinajstić information content (AvgIpc) is 2.37. The van der Waals surface area contributed by atoms with Crippen molar-refractivity contribution in [3.05, 3.63) is 35.4 Å². The Balaban J connectivity index is 2.84. The van der Waals surface area contributed by atoms with Crippen LogP contribution in [0.4, 0.5) is 0 Å². The molecule has 3 heteroatoms. The number of nitrogens with zero attached hydrogens (tertiary/aromatic N) is 1. The van der Waals surface area contributed by atoms with Crippen LogP contribution in [0.2, 0.25) is 0 Å². The van der Waals surface area contributed by atoms with Crippen LogP contribution in [0, 0.1) is 0 Å². The van der Waals surface area contributed by atoms with Crippen LogP contribution in [0.15, 0.2) is 24.3 Å². The Labute approximate surface area is 103 Å². The van der Waals surface area contributed by atoms with Crippen LogP contribution in [-0.4, -0.2) is 30.1 Å². The van der Waals surface area contributed by atoms with E-state index < -0.39 is 5.97 Å². The molecule has 0 aliphatic carbocycles.